The van der Waals surface area contributed by atoms with E-state index in [-0.39, 0.29) is 24.0 Å². The summed E-state index contributed by atoms with van der Waals surface area (Å²) in [6.45, 7) is 6.62. The molecule has 2 aromatic carbocycles. The molecule has 0 aliphatic carbocycles. The van der Waals surface area contributed by atoms with Crippen LogP contribution in [0, 0.1) is 0 Å². The third kappa shape index (κ3) is 7.46. The number of hydrogen-bond donors (Lipinski definition) is 2. The smallest absolute Gasteiger partial charge is 0.191 e. The van der Waals surface area contributed by atoms with Crippen LogP contribution in [-0.2, 0) is 13.1 Å². The first-order chi connectivity index (χ1) is 13.2. The van der Waals surface area contributed by atoms with Crippen LogP contribution in [0.5, 0.6) is 17.2 Å². The number of rotatable bonds is 9. The zero-order chi connectivity index (χ0) is 19.5. The van der Waals surface area contributed by atoms with Crippen molar-refractivity contribution in [1.82, 2.24) is 10.6 Å². The summed E-state index contributed by atoms with van der Waals surface area (Å²) in [5, 5.41) is 6.61. The Balaban J connectivity index is 0.00000392. The Kier molecular flexibility index (Phi) is 11.2. The third-order valence-corrected chi connectivity index (χ3v) is 3.91. The molecule has 2 N–H and O–H groups in total. The molecule has 0 unspecified atom stereocenters. The average molecular weight is 499 g/mol. The Morgan fingerprint density at radius 3 is 2.46 bits per heavy atom. The van der Waals surface area contributed by atoms with Crippen molar-refractivity contribution >= 4 is 29.9 Å². The first-order valence-electron chi connectivity index (χ1n) is 9.15. The van der Waals surface area contributed by atoms with Crippen LogP contribution in [0.4, 0.5) is 0 Å². The molecule has 0 bridgehead atoms. The molecule has 0 saturated heterocycles. The lowest BCUT2D eigenvalue weighted by atomic mass is 10.2. The molecule has 0 atom stereocenters. The predicted molar refractivity (Wildman–Crippen MR) is 124 cm³/mol. The summed E-state index contributed by atoms with van der Waals surface area (Å²) in [6, 6.07) is 13.8. The minimum Gasteiger partial charge on any atom is -0.497 e. The molecule has 0 spiro atoms. The molecule has 0 saturated carbocycles. The van der Waals surface area contributed by atoms with Gasteiger partial charge >= 0.3 is 0 Å². The van der Waals surface area contributed by atoms with Crippen LogP contribution >= 0.6 is 24.0 Å². The van der Waals surface area contributed by atoms with Gasteiger partial charge in [-0.25, -0.2) is 4.99 Å². The lowest BCUT2D eigenvalue weighted by Crippen LogP contribution is -2.36. The summed E-state index contributed by atoms with van der Waals surface area (Å²) < 4.78 is 16.2. The largest absolute Gasteiger partial charge is 0.497 e. The fourth-order valence-corrected chi connectivity index (χ4v) is 2.59. The van der Waals surface area contributed by atoms with Crippen molar-refractivity contribution < 1.29 is 14.2 Å². The van der Waals surface area contributed by atoms with Gasteiger partial charge in [0.2, 0.25) is 0 Å². The number of aliphatic imine (C=N–C) groups is 1. The van der Waals surface area contributed by atoms with Gasteiger partial charge in [-0.2, -0.15) is 0 Å². The fraction of sp³-hybridized carbons (Fsp3) is 0.381. The second-order valence-electron chi connectivity index (χ2n) is 5.81. The van der Waals surface area contributed by atoms with Gasteiger partial charge in [-0.1, -0.05) is 12.1 Å². The number of hydrogen-bond acceptors (Lipinski definition) is 4. The summed E-state index contributed by atoms with van der Waals surface area (Å²) in [6.07, 6.45) is 0. The SMILES string of the molecule is CCNC(=NCc1cccc(OCC)c1)NCc1ccc(OC)cc1OC.I. The normalized spacial score (nSPS) is 10.6. The van der Waals surface area contributed by atoms with E-state index in [1.165, 1.54) is 0 Å². The standard InChI is InChI=1S/C21H29N3O3.HI/c1-5-22-21(23-14-16-8-7-9-19(12-16)27-6-2)24-15-17-10-11-18(25-3)13-20(17)26-4;/h7-13H,5-6,14-15H2,1-4H3,(H2,22,23,24);1H. The number of nitrogens with zero attached hydrogens (tertiary/aromatic N) is 1. The van der Waals surface area contributed by atoms with Crippen LogP contribution < -0.4 is 24.8 Å². The molecule has 2 rings (SSSR count). The number of ether oxygens (including phenoxy) is 3. The van der Waals surface area contributed by atoms with Gasteiger partial charge in [0.1, 0.15) is 17.2 Å². The zero-order valence-electron chi connectivity index (χ0n) is 17.0. The van der Waals surface area contributed by atoms with Crippen LogP contribution in [-0.4, -0.2) is 33.3 Å². The molecule has 0 radical (unpaired) electrons. The van der Waals surface area contributed by atoms with Crippen molar-refractivity contribution in [3.8, 4) is 17.2 Å². The Bertz CT molecular complexity index is 753. The van der Waals surface area contributed by atoms with Crippen LogP contribution in [0.1, 0.15) is 25.0 Å². The highest BCUT2D eigenvalue weighted by Crippen LogP contribution is 2.24. The summed E-state index contributed by atoms with van der Waals surface area (Å²) in [4.78, 5) is 4.66. The van der Waals surface area contributed by atoms with E-state index in [0.29, 0.717) is 19.7 Å². The van der Waals surface area contributed by atoms with Crippen LogP contribution in [0.15, 0.2) is 47.5 Å². The lowest BCUT2D eigenvalue weighted by Gasteiger charge is -2.14. The first-order valence-corrected chi connectivity index (χ1v) is 9.15. The molecule has 28 heavy (non-hydrogen) atoms. The van der Waals surface area contributed by atoms with Crippen LogP contribution in [0.2, 0.25) is 0 Å². The number of guanidine groups is 1. The van der Waals surface area contributed by atoms with Gasteiger partial charge in [0, 0.05) is 24.7 Å². The van der Waals surface area contributed by atoms with E-state index in [0.717, 1.165) is 40.9 Å². The molecule has 0 amide bonds. The van der Waals surface area contributed by atoms with E-state index in [2.05, 4.69) is 15.6 Å². The Morgan fingerprint density at radius 2 is 1.79 bits per heavy atom. The molecule has 0 aliphatic heterocycles. The lowest BCUT2D eigenvalue weighted by molar-refractivity contribution is 0.340. The molecule has 0 aromatic heterocycles. The minimum absolute atomic E-state index is 0. The van der Waals surface area contributed by atoms with Gasteiger partial charge in [0.15, 0.2) is 5.96 Å². The number of benzene rings is 2. The van der Waals surface area contributed by atoms with E-state index in [4.69, 9.17) is 14.2 Å². The first kappa shape index (κ1) is 23.9. The summed E-state index contributed by atoms with van der Waals surface area (Å²) in [5.41, 5.74) is 2.13. The van der Waals surface area contributed by atoms with Crippen molar-refractivity contribution in [2.75, 3.05) is 27.4 Å². The molecule has 6 nitrogen and oxygen atoms in total. The van der Waals surface area contributed by atoms with Crippen molar-refractivity contribution in [3.05, 3.63) is 53.6 Å². The van der Waals surface area contributed by atoms with E-state index in [9.17, 15) is 0 Å². The van der Waals surface area contributed by atoms with Gasteiger partial charge in [-0.3, -0.25) is 0 Å². The topological polar surface area (TPSA) is 64.1 Å². The maximum atomic E-state index is 5.55. The highest BCUT2D eigenvalue weighted by Gasteiger charge is 2.06. The van der Waals surface area contributed by atoms with E-state index in [1.807, 2.05) is 56.3 Å². The van der Waals surface area contributed by atoms with Gasteiger partial charge < -0.3 is 24.8 Å². The minimum atomic E-state index is 0. The van der Waals surface area contributed by atoms with Gasteiger partial charge in [0.25, 0.3) is 0 Å². The Morgan fingerprint density at radius 1 is 0.964 bits per heavy atom. The zero-order valence-corrected chi connectivity index (χ0v) is 19.3. The highest BCUT2D eigenvalue weighted by atomic mass is 127. The molecular formula is C21H30IN3O3. The number of halogens is 1. The summed E-state index contributed by atoms with van der Waals surface area (Å²) in [7, 11) is 3.30. The maximum absolute atomic E-state index is 5.55. The Labute approximate surface area is 184 Å². The molecule has 7 heteroatoms. The molecule has 0 heterocycles. The van der Waals surface area contributed by atoms with Gasteiger partial charge in [-0.05, 0) is 43.7 Å². The van der Waals surface area contributed by atoms with E-state index in [1.54, 1.807) is 14.2 Å². The van der Waals surface area contributed by atoms with Gasteiger partial charge in [-0.15, -0.1) is 24.0 Å². The highest BCUT2D eigenvalue weighted by molar-refractivity contribution is 14.0. The van der Waals surface area contributed by atoms with Gasteiger partial charge in [0.05, 0.1) is 27.4 Å². The Hall–Kier alpha value is -2.16. The molecule has 2 aromatic rings. The van der Waals surface area contributed by atoms with Crippen molar-refractivity contribution in [1.29, 1.82) is 0 Å². The fourth-order valence-electron chi connectivity index (χ4n) is 2.59. The van der Waals surface area contributed by atoms with Crippen molar-refractivity contribution in [2.24, 2.45) is 4.99 Å². The number of nitrogens with one attached hydrogen (secondary N) is 2. The molecule has 0 aliphatic rings. The maximum Gasteiger partial charge on any atom is 0.191 e. The monoisotopic (exact) mass is 499 g/mol. The summed E-state index contributed by atoms with van der Waals surface area (Å²) >= 11 is 0. The van der Waals surface area contributed by atoms with Crippen molar-refractivity contribution in [3.63, 3.8) is 0 Å². The van der Waals surface area contributed by atoms with E-state index >= 15 is 0 Å². The quantitative estimate of drug-likeness (QED) is 0.311. The molecule has 154 valence electrons. The molecular weight excluding hydrogens is 469 g/mol. The van der Waals surface area contributed by atoms with E-state index < -0.39 is 0 Å². The molecule has 0 fully saturated rings. The second kappa shape index (κ2) is 13.1. The predicted octanol–water partition coefficient (Wildman–Crippen LogP) is 3.98. The van der Waals surface area contributed by atoms with Crippen LogP contribution in [0.3, 0.4) is 0 Å². The number of methoxy groups -OCH3 is 2. The second-order valence-corrected chi connectivity index (χ2v) is 5.81. The average Bonchev–Trinajstić information content (AvgIpc) is 2.70. The van der Waals surface area contributed by atoms with Crippen molar-refractivity contribution in [2.45, 2.75) is 26.9 Å². The van der Waals surface area contributed by atoms with Crippen LogP contribution in [0.25, 0.3) is 0 Å². The summed E-state index contributed by atoms with van der Waals surface area (Å²) in [5.74, 6) is 3.16. The third-order valence-electron chi connectivity index (χ3n) is 3.91.